The van der Waals surface area contributed by atoms with Crippen LogP contribution in [0.1, 0.15) is 70.4 Å². The fourth-order valence-electron chi connectivity index (χ4n) is 4.06. The highest BCUT2D eigenvalue weighted by Gasteiger charge is 2.23. The van der Waals surface area contributed by atoms with Gasteiger partial charge >= 0.3 is 17.9 Å². The minimum Gasteiger partial charge on any atom is -0.466 e. The second-order valence-corrected chi connectivity index (χ2v) is 10.7. The summed E-state index contributed by atoms with van der Waals surface area (Å²) in [4.78, 5) is 59.8. The molecule has 0 radical (unpaired) electrons. The normalized spacial score (nSPS) is 10.5. The van der Waals surface area contributed by atoms with Gasteiger partial charge in [0.15, 0.2) is 0 Å². The Balaban J connectivity index is 0.00000111. The molecule has 0 bridgehead atoms. The van der Waals surface area contributed by atoms with Crippen molar-refractivity contribution in [3.63, 3.8) is 0 Å². The molecule has 3 rings (SSSR count). The molecule has 0 fully saturated rings. The summed E-state index contributed by atoms with van der Waals surface area (Å²) in [5.41, 5.74) is 1.63. The van der Waals surface area contributed by atoms with E-state index in [1.54, 1.807) is 69.7 Å². The van der Waals surface area contributed by atoms with Gasteiger partial charge in [0.05, 0.1) is 6.61 Å². The van der Waals surface area contributed by atoms with Crippen LogP contribution in [0.3, 0.4) is 0 Å². The Morgan fingerprint density at radius 1 is 0.667 bits per heavy atom. The molecule has 48 heavy (non-hydrogen) atoms. The second-order valence-electron chi connectivity index (χ2n) is 10.7. The molecule has 0 spiro atoms. The van der Waals surface area contributed by atoms with Crippen LogP contribution in [0.5, 0.6) is 11.5 Å². The Morgan fingerprint density at radius 3 is 1.69 bits per heavy atom. The summed E-state index contributed by atoms with van der Waals surface area (Å²) in [6.07, 6.45) is 2.76. The third-order valence-corrected chi connectivity index (χ3v) is 6.33. The van der Waals surface area contributed by atoms with Gasteiger partial charge in [-0.2, -0.15) is 0 Å². The van der Waals surface area contributed by atoms with Crippen molar-refractivity contribution in [2.24, 2.45) is 0 Å². The molecule has 0 aliphatic carbocycles. The number of benzene rings is 3. The van der Waals surface area contributed by atoms with Gasteiger partial charge in [0.1, 0.15) is 23.3 Å². The molecule has 0 aliphatic heterocycles. The van der Waals surface area contributed by atoms with Crippen molar-refractivity contribution in [1.82, 2.24) is 5.32 Å². The molecule has 0 saturated heterocycles. The van der Waals surface area contributed by atoms with Crippen molar-refractivity contribution in [3.8, 4) is 11.5 Å². The average Bonchev–Trinajstić information content (AvgIpc) is 3.06. The lowest BCUT2D eigenvalue weighted by Gasteiger charge is -2.18. The Bertz CT molecular complexity index is 1330. The summed E-state index contributed by atoms with van der Waals surface area (Å²) in [6.45, 7) is 5.44. The van der Waals surface area contributed by atoms with Crippen molar-refractivity contribution >= 4 is 29.6 Å². The van der Waals surface area contributed by atoms with Gasteiger partial charge in [-0.05, 0) is 68.5 Å². The highest BCUT2D eigenvalue weighted by atomic mass is 16.5. The molecule has 260 valence electrons. The van der Waals surface area contributed by atoms with Crippen molar-refractivity contribution in [2.75, 3.05) is 20.8 Å². The standard InChI is InChI=1S/C30H37NO8.C6H6.C2H6O/c1-4-7-27(33)31-26(20-23-12-17-24(18-13-23)38-29(35)9-6-8-21(3)32)30(36)39-25-15-10-22(11-16-25)14-19-28(34)37-5-2;1-2-4-6-5-3-1;1-3-2/h10-13,15-18,26H,4-9,14,19-20H2,1-3H3,(H,31,33);1-6H;1-2H3. The first-order chi connectivity index (χ1) is 23.1. The predicted molar refractivity (Wildman–Crippen MR) is 184 cm³/mol. The van der Waals surface area contributed by atoms with E-state index in [1.165, 1.54) is 6.92 Å². The summed E-state index contributed by atoms with van der Waals surface area (Å²) in [6, 6.07) is 24.6. The Hall–Kier alpha value is -4.83. The predicted octanol–water partition coefficient (Wildman–Crippen LogP) is 6.23. The Labute approximate surface area is 284 Å². The largest absolute Gasteiger partial charge is 0.466 e. The lowest BCUT2D eigenvalue weighted by atomic mass is 10.1. The minimum atomic E-state index is -0.924. The van der Waals surface area contributed by atoms with Gasteiger partial charge < -0.3 is 29.1 Å². The molecule has 0 aliphatic rings. The number of ketones is 1. The number of rotatable bonds is 16. The quantitative estimate of drug-likeness (QED) is 0.140. The summed E-state index contributed by atoms with van der Waals surface area (Å²) in [5.74, 6) is -0.872. The third kappa shape index (κ3) is 19.6. The number of hydrogen-bond acceptors (Lipinski definition) is 9. The summed E-state index contributed by atoms with van der Waals surface area (Å²) in [7, 11) is 3.25. The fourth-order valence-corrected chi connectivity index (χ4v) is 4.06. The highest BCUT2D eigenvalue weighted by Crippen LogP contribution is 2.18. The molecular formula is C38H49NO9. The highest BCUT2D eigenvalue weighted by molar-refractivity contribution is 5.85. The van der Waals surface area contributed by atoms with Gasteiger partial charge in [0, 0.05) is 46.3 Å². The number of nitrogens with one attached hydrogen (secondary N) is 1. The number of ether oxygens (including phenoxy) is 4. The van der Waals surface area contributed by atoms with Crippen LogP contribution in [0.25, 0.3) is 0 Å². The molecule has 1 N–H and O–H groups in total. The topological polar surface area (TPSA) is 134 Å². The fraction of sp³-hybridized carbons (Fsp3) is 0.395. The van der Waals surface area contributed by atoms with Crippen LogP contribution < -0.4 is 14.8 Å². The van der Waals surface area contributed by atoms with Crippen LogP contribution in [0.15, 0.2) is 84.9 Å². The molecule has 1 amide bonds. The first kappa shape index (κ1) is 41.2. The zero-order chi connectivity index (χ0) is 35.6. The van der Waals surface area contributed by atoms with E-state index in [0.29, 0.717) is 43.8 Å². The van der Waals surface area contributed by atoms with Gasteiger partial charge in [-0.1, -0.05) is 67.6 Å². The maximum atomic E-state index is 13.0. The number of hydrogen-bond donors (Lipinski definition) is 1. The summed E-state index contributed by atoms with van der Waals surface area (Å²) >= 11 is 0. The molecule has 0 aromatic heterocycles. The first-order valence-corrected chi connectivity index (χ1v) is 16.1. The lowest BCUT2D eigenvalue weighted by molar-refractivity contribution is -0.143. The average molecular weight is 664 g/mol. The SMILES string of the molecule is CCCC(=O)NC(Cc1ccc(OC(=O)CCCC(C)=O)cc1)C(=O)Oc1ccc(CCC(=O)OCC)cc1.COC.c1ccccc1. The van der Waals surface area contributed by atoms with E-state index in [0.717, 1.165) is 11.1 Å². The molecule has 3 aromatic rings. The summed E-state index contributed by atoms with van der Waals surface area (Å²) < 4.78 is 20.0. The van der Waals surface area contributed by atoms with Crippen LogP contribution in [0, 0.1) is 0 Å². The third-order valence-electron chi connectivity index (χ3n) is 6.33. The van der Waals surface area contributed by atoms with Gasteiger partial charge in [-0.15, -0.1) is 0 Å². The molecule has 10 heteroatoms. The number of aryl methyl sites for hydroxylation is 1. The summed E-state index contributed by atoms with van der Waals surface area (Å²) in [5, 5.41) is 2.74. The Kier molecular flexibility index (Phi) is 21.7. The number of Topliss-reactive ketones (excluding diaryl/α,β-unsaturated/α-hetero) is 1. The van der Waals surface area contributed by atoms with Crippen LogP contribution >= 0.6 is 0 Å². The second kappa shape index (κ2) is 25.3. The van der Waals surface area contributed by atoms with Crippen molar-refractivity contribution in [2.45, 2.75) is 78.2 Å². The smallest absolute Gasteiger partial charge is 0.334 e. The lowest BCUT2D eigenvalue weighted by Crippen LogP contribution is -2.44. The monoisotopic (exact) mass is 663 g/mol. The van der Waals surface area contributed by atoms with Crippen LogP contribution in [0.2, 0.25) is 0 Å². The molecular weight excluding hydrogens is 614 g/mol. The van der Waals surface area contributed by atoms with Gasteiger partial charge in [0.25, 0.3) is 0 Å². The van der Waals surface area contributed by atoms with Gasteiger partial charge in [-0.3, -0.25) is 14.4 Å². The van der Waals surface area contributed by atoms with Crippen molar-refractivity contribution in [3.05, 3.63) is 96.1 Å². The number of carbonyl (C=O) groups excluding carboxylic acids is 5. The zero-order valence-corrected chi connectivity index (χ0v) is 28.7. The van der Waals surface area contributed by atoms with E-state index >= 15 is 0 Å². The maximum Gasteiger partial charge on any atom is 0.334 e. The number of methoxy groups -OCH3 is 1. The van der Waals surface area contributed by atoms with Crippen molar-refractivity contribution in [1.29, 1.82) is 0 Å². The van der Waals surface area contributed by atoms with Gasteiger partial charge in [0.2, 0.25) is 5.91 Å². The van der Waals surface area contributed by atoms with E-state index < -0.39 is 18.0 Å². The molecule has 1 unspecified atom stereocenters. The van der Waals surface area contributed by atoms with Crippen LogP contribution in [-0.4, -0.2) is 56.5 Å². The number of esters is 3. The van der Waals surface area contributed by atoms with Crippen LogP contribution in [0.4, 0.5) is 0 Å². The van der Waals surface area contributed by atoms with E-state index in [-0.39, 0.29) is 43.3 Å². The first-order valence-electron chi connectivity index (χ1n) is 16.1. The number of amides is 1. The molecule has 0 heterocycles. The van der Waals surface area contributed by atoms with Gasteiger partial charge in [-0.25, -0.2) is 4.79 Å². The maximum absolute atomic E-state index is 13.0. The minimum absolute atomic E-state index is 0.0225. The molecule has 1 atom stereocenters. The van der Waals surface area contributed by atoms with Crippen molar-refractivity contribution < 1.29 is 42.9 Å². The zero-order valence-electron chi connectivity index (χ0n) is 28.7. The van der Waals surface area contributed by atoms with E-state index in [9.17, 15) is 24.0 Å². The van der Waals surface area contributed by atoms with E-state index in [2.05, 4.69) is 10.1 Å². The molecule has 3 aromatic carbocycles. The number of carbonyl (C=O) groups is 5. The molecule has 10 nitrogen and oxygen atoms in total. The van der Waals surface area contributed by atoms with E-state index in [1.807, 2.05) is 43.3 Å². The van der Waals surface area contributed by atoms with Crippen LogP contribution in [-0.2, 0) is 46.3 Å². The molecule has 0 saturated carbocycles. The van der Waals surface area contributed by atoms with E-state index in [4.69, 9.17) is 14.2 Å². The Morgan fingerprint density at radius 2 is 1.19 bits per heavy atom.